The van der Waals surface area contributed by atoms with Crippen molar-refractivity contribution in [2.24, 2.45) is 0 Å². The molecule has 20 heavy (non-hydrogen) atoms. The van der Waals surface area contributed by atoms with Crippen LogP contribution in [0.15, 0.2) is 35.7 Å². The maximum atomic E-state index is 12.7. The molecule has 2 aliphatic rings. The molecule has 0 radical (unpaired) electrons. The van der Waals surface area contributed by atoms with Crippen LogP contribution < -0.4 is 21.5 Å². The van der Waals surface area contributed by atoms with Crippen molar-refractivity contribution in [3.05, 3.63) is 46.8 Å². The molecule has 0 unspecified atom stereocenters. The zero-order valence-corrected chi connectivity index (χ0v) is 13.7. The molecule has 1 aliphatic carbocycles. The molecule has 0 bridgehead atoms. The van der Waals surface area contributed by atoms with Crippen molar-refractivity contribution in [1.82, 2.24) is 8.01 Å². The molecule has 0 saturated carbocycles. The van der Waals surface area contributed by atoms with Crippen molar-refractivity contribution in [1.29, 1.82) is 0 Å². The normalized spacial score (nSPS) is 17.9. The average Bonchev–Trinajstić information content (AvgIpc) is 2.79. The van der Waals surface area contributed by atoms with E-state index in [1.165, 1.54) is 0 Å². The van der Waals surface area contributed by atoms with Crippen LogP contribution >= 0.6 is 0 Å². The number of carbonyl (C=O) groups excluding carboxylic acids is 2. The van der Waals surface area contributed by atoms with E-state index in [2.05, 4.69) is 10.0 Å². The summed E-state index contributed by atoms with van der Waals surface area (Å²) < 4.78 is 3.28. The monoisotopic (exact) mass is 383 g/mol. The second kappa shape index (κ2) is 5.20. The van der Waals surface area contributed by atoms with Crippen LogP contribution in [0.2, 0.25) is 0 Å². The molecule has 0 aromatic heterocycles. The van der Waals surface area contributed by atoms with Gasteiger partial charge >= 0.3 is 129 Å². The Bertz CT molecular complexity index is 624. The number of halogens is 1. The predicted octanol–water partition coefficient (Wildman–Crippen LogP) is -1.10. The summed E-state index contributed by atoms with van der Waals surface area (Å²) >= 11 is -0.228. The Kier molecular flexibility index (Phi) is 3.54. The zero-order valence-electron chi connectivity index (χ0n) is 11.5. The number of hydrogen-bond donors (Lipinski definition) is 0. The van der Waals surface area contributed by atoms with Gasteiger partial charge in [0.05, 0.1) is 0 Å². The van der Waals surface area contributed by atoms with Crippen molar-refractivity contribution in [2.45, 2.75) is 13.3 Å². The van der Waals surface area contributed by atoms with Crippen LogP contribution in [-0.4, -0.2) is 37.7 Å². The molecule has 1 aromatic carbocycles. The number of Topliss-reactive ketones (excluding diaryl/α,β-unsaturated/α-hetero) is 2. The van der Waals surface area contributed by atoms with Crippen LogP contribution in [0.3, 0.4) is 0 Å². The van der Waals surface area contributed by atoms with Gasteiger partial charge in [0.2, 0.25) is 0 Å². The van der Waals surface area contributed by atoms with Crippen molar-refractivity contribution >= 4 is 11.6 Å². The van der Waals surface area contributed by atoms with Gasteiger partial charge in [-0.1, -0.05) is 0 Å². The van der Waals surface area contributed by atoms with E-state index in [0.29, 0.717) is 29.2 Å². The molecule has 1 aromatic rings. The Balaban J connectivity index is 2.06. The van der Waals surface area contributed by atoms with E-state index >= 15 is 0 Å². The number of rotatable bonds is 3. The van der Waals surface area contributed by atoms with Crippen LogP contribution in [0.4, 0.5) is 0 Å². The molecule has 4 nitrogen and oxygen atoms in total. The van der Waals surface area contributed by atoms with Gasteiger partial charge in [0.25, 0.3) is 0 Å². The number of nitrogens with zero attached hydrogens (tertiary/aromatic N) is 2. The third-order valence-corrected chi connectivity index (χ3v) is 6.62. The Hall–Kier alpha value is -1.37. The van der Waals surface area contributed by atoms with E-state index in [4.69, 9.17) is 0 Å². The van der Waals surface area contributed by atoms with Crippen molar-refractivity contribution < 1.29 is 31.1 Å². The Morgan fingerprint density at radius 1 is 1.10 bits per heavy atom. The van der Waals surface area contributed by atoms with Crippen molar-refractivity contribution in [2.75, 3.05) is 18.1 Å². The maximum absolute atomic E-state index is 12.7. The molecule has 0 atom stereocenters. The van der Waals surface area contributed by atoms with Crippen molar-refractivity contribution in [3.8, 4) is 0 Å². The van der Waals surface area contributed by atoms with Crippen LogP contribution in [0, 0.1) is 0 Å². The molecule has 1 heterocycles. The standard InChI is InChI=1S/C15H16IN2O2/c1-3-8-16-18-9-17(2)12-13(18)15(20)11-7-5-4-6-10(11)14(12)19/h4-7H,3,8-9H2,1-2H3/q-1. The summed E-state index contributed by atoms with van der Waals surface area (Å²) in [5.74, 6) is -0.00365. The van der Waals surface area contributed by atoms with E-state index in [1.807, 2.05) is 24.1 Å². The summed E-state index contributed by atoms with van der Waals surface area (Å²) in [6.45, 7) is 2.82. The first kappa shape index (κ1) is 13.6. The molecule has 0 spiro atoms. The van der Waals surface area contributed by atoms with E-state index in [9.17, 15) is 9.59 Å². The summed E-state index contributed by atoms with van der Waals surface area (Å²) in [5, 5.41) is 0. The number of hydrogen-bond acceptors (Lipinski definition) is 4. The molecule has 106 valence electrons. The first-order chi connectivity index (χ1) is 9.65. The molecular formula is C15H16IN2O2-. The molecule has 1 aliphatic heterocycles. The molecule has 5 heteroatoms. The van der Waals surface area contributed by atoms with E-state index in [-0.39, 0.29) is 33.0 Å². The van der Waals surface area contributed by atoms with Gasteiger partial charge in [-0.05, 0) is 0 Å². The van der Waals surface area contributed by atoms with Crippen LogP contribution in [0.5, 0.6) is 0 Å². The van der Waals surface area contributed by atoms with Gasteiger partial charge in [-0.3, -0.25) is 0 Å². The summed E-state index contributed by atoms with van der Waals surface area (Å²) in [5.41, 5.74) is 2.32. The van der Waals surface area contributed by atoms with Gasteiger partial charge in [-0.25, -0.2) is 0 Å². The van der Waals surface area contributed by atoms with Gasteiger partial charge in [0.15, 0.2) is 0 Å². The second-order valence-electron chi connectivity index (χ2n) is 4.91. The summed E-state index contributed by atoms with van der Waals surface area (Å²) in [7, 11) is 1.89. The fourth-order valence-corrected chi connectivity index (χ4v) is 5.07. The Morgan fingerprint density at radius 2 is 1.70 bits per heavy atom. The summed E-state index contributed by atoms with van der Waals surface area (Å²) in [6, 6.07) is 7.14. The number of alkyl halides is 1. The molecule has 0 N–H and O–H groups in total. The fraction of sp³-hybridized carbons (Fsp3) is 0.333. The number of allylic oxidation sites excluding steroid dienone is 2. The minimum absolute atomic E-state index is 0.00959. The van der Waals surface area contributed by atoms with Crippen LogP contribution in [0.25, 0.3) is 0 Å². The SMILES string of the molecule is CCC[I-]N1CN(C)C2=C1C(=O)c1ccccc1C2=O. The third kappa shape index (κ3) is 1.95. The number of carbonyl (C=O) groups is 2. The molecule has 0 fully saturated rings. The molecule has 3 rings (SSSR count). The van der Waals surface area contributed by atoms with Gasteiger partial charge in [0.1, 0.15) is 0 Å². The van der Waals surface area contributed by atoms with E-state index in [0.717, 1.165) is 10.8 Å². The van der Waals surface area contributed by atoms with Gasteiger partial charge in [-0.15, -0.1) is 0 Å². The number of fused-ring (bicyclic) bond motifs is 1. The van der Waals surface area contributed by atoms with Crippen LogP contribution in [-0.2, 0) is 0 Å². The average molecular weight is 383 g/mol. The predicted molar refractivity (Wildman–Crippen MR) is 71.8 cm³/mol. The van der Waals surface area contributed by atoms with E-state index in [1.54, 1.807) is 12.1 Å². The Labute approximate surface area is 129 Å². The number of likely N-dealkylation sites (N-methyl/N-ethyl adjacent to an activating group) is 1. The molecule has 0 saturated heterocycles. The topological polar surface area (TPSA) is 40.6 Å². The van der Waals surface area contributed by atoms with Crippen molar-refractivity contribution in [3.63, 3.8) is 0 Å². The fourth-order valence-electron chi connectivity index (χ4n) is 2.54. The molecular weight excluding hydrogens is 367 g/mol. The first-order valence-corrected chi connectivity index (χ1v) is 9.15. The molecule has 0 amide bonds. The number of ketones is 2. The first-order valence-electron chi connectivity index (χ1n) is 6.66. The quantitative estimate of drug-likeness (QED) is 0.378. The third-order valence-electron chi connectivity index (χ3n) is 3.45. The van der Waals surface area contributed by atoms with Gasteiger partial charge < -0.3 is 0 Å². The summed E-state index contributed by atoms with van der Waals surface area (Å²) in [4.78, 5) is 27.2. The minimum atomic E-state index is -0.228. The van der Waals surface area contributed by atoms with E-state index < -0.39 is 0 Å². The van der Waals surface area contributed by atoms with Crippen LogP contribution in [0.1, 0.15) is 34.1 Å². The summed E-state index contributed by atoms with van der Waals surface area (Å²) in [6.07, 6.45) is 1.12. The number of benzene rings is 1. The second-order valence-corrected chi connectivity index (χ2v) is 7.84. The Morgan fingerprint density at radius 3 is 2.30 bits per heavy atom. The zero-order chi connectivity index (χ0) is 14.3. The van der Waals surface area contributed by atoms with Gasteiger partial charge in [0, 0.05) is 0 Å². The van der Waals surface area contributed by atoms with Gasteiger partial charge in [-0.2, -0.15) is 0 Å².